The minimum atomic E-state index is -4.56. The van der Waals surface area contributed by atoms with Gasteiger partial charge in [-0.1, -0.05) is 18.2 Å². The molecule has 1 aromatic rings. The molecule has 0 saturated carbocycles. The predicted octanol–water partition coefficient (Wildman–Crippen LogP) is 2.70. The molecule has 0 fully saturated rings. The first-order valence-corrected chi connectivity index (χ1v) is 7.39. The van der Waals surface area contributed by atoms with E-state index in [-0.39, 0.29) is 29.9 Å². The zero-order valence-corrected chi connectivity index (χ0v) is 12.8. The van der Waals surface area contributed by atoms with Gasteiger partial charge in [0.1, 0.15) is 6.04 Å². The summed E-state index contributed by atoms with van der Waals surface area (Å²) >= 11 is 3.92. The van der Waals surface area contributed by atoms with Gasteiger partial charge in [0.15, 0.2) is 0 Å². The Kier molecular flexibility index (Phi) is 5.03. The molecule has 8 heteroatoms. The van der Waals surface area contributed by atoms with E-state index >= 15 is 0 Å². The van der Waals surface area contributed by atoms with E-state index in [4.69, 9.17) is 0 Å². The van der Waals surface area contributed by atoms with Gasteiger partial charge in [0.2, 0.25) is 5.91 Å². The maximum atomic E-state index is 13.1. The van der Waals surface area contributed by atoms with E-state index in [1.165, 1.54) is 24.3 Å². The Balaban J connectivity index is 2.40. The van der Waals surface area contributed by atoms with Gasteiger partial charge in [-0.3, -0.25) is 4.79 Å². The van der Waals surface area contributed by atoms with E-state index < -0.39 is 29.7 Å². The lowest BCUT2D eigenvalue weighted by Crippen LogP contribution is -2.41. The van der Waals surface area contributed by atoms with Gasteiger partial charge >= 0.3 is 12.1 Å². The Labute approximate surface area is 136 Å². The van der Waals surface area contributed by atoms with Gasteiger partial charge in [-0.05, 0) is 29.0 Å². The molecule has 124 valence electrons. The SMILES string of the molecule is O=C(O)C1C=C(c2ccccc2C(F)(F)F)CN1C(=O)CCS. The van der Waals surface area contributed by atoms with E-state index in [1.54, 1.807) is 0 Å². The maximum Gasteiger partial charge on any atom is 0.416 e. The quantitative estimate of drug-likeness (QED) is 0.825. The molecular weight excluding hydrogens is 331 g/mol. The summed E-state index contributed by atoms with van der Waals surface area (Å²) in [4.78, 5) is 24.3. The fourth-order valence-electron chi connectivity index (χ4n) is 2.49. The van der Waals surface area contributed by atoms with Crippen molar-refractivity contribution in [3.63, 3.8) is 0 Å². The Morgan fingerprint density at radius 3 is 2.52 bits per heavy atom. The topological polar surface area (TPSA) is 57.6 Å². The predicted molar refractivity (Wildman–Crippen MR) is 81.0 cm³/mol. The average molecular weight is 345 g/mol. The second kappa shape index (κ2) is 6.66. The Morgan fingerprint density at radius 1 is 1.30 bits per heavy atom. The first-order valence-electron chi connectivity index (χ1n) is 6.76. The van der Waals surface area contributed by atoms with Crippen LogP contribution in [0.3, 0.4) is 0 Å². The van der Waals surface area contributed by atoms with E-state index in [9.17, 15) is 27.9 Å². The molecule has 0 aromatic heterocycles. The summed E-state index contributed by atoms with van der Waals surface area (Å²) in [5.74, 6) is -1.50. The normalized spacial score (nSPS) is 18.0. The number of rotatable bonds is 4. The lowest BCUT2D eigenvalue weighted by atomic mass is 9.99. The van der Waals surface area contributed by atoms with Gasteiger partial charge in [0, 0.05) is 13.0 Å². The average Bonchev–Trinajstić information content (AvgIpc) is 2.92. The van der Waals surface area contributed by atoms with Crippen LogP contribution in [-0.2, 0) is 15.8 Å². The van der Waals surface area contributed by atoms with Gasteiger partial charge in [-0.15, -0.1) is 0 Å². The number of carboxylic acid groups (broad SMARTS) is 1. The number of hydrogen-bond donors (Lipinski definition) is 2. The van der Waals surface area contributed by atoms with Crippen LogP contribution in [0.25, 0.3) is 5.57 Å². The molecule has 2 rings (SSSR count). The molecule has 1 aromatic carbocycles. The molecular formula is C15H14F3NO3S. The highest BCUT2D eigenvalue weighted by Gasteiger charge is 2.38. The number of halogens is 3. The number of alkyl halides is 3. The zero-order chi connectivity index (χ0) is 17.2. The van der Waals surface area contributed by atoms with Crippen molar-refractivity contribution in [3.05, 3.63) is 41.5 Å². The van der Waals surface area contributed by atoms with Gasteiger partial charge in [0.05, 0.1) is 5.56 Å². The number of carbonyl (C=O) groups excluding carboxylic acids is 1. The van der Waals surface area contributed by atoms with Crippen LogP contribution in [0.1, 0.15) is 17.5 Å². The first-order chi connectivity index (χ1) is 10.8. The highest BCUT2D eigenvalue weighted by Crippen LogP contribution is 2.37. The second-order valence-electron chi connectivity index (χ2n) is 5.01. The smallest absolute Gasteiger partial charge is 0.416 e. The second-order valence-corrected chi connectivity index (χ2v) is 5.46. The van der Waals surface area contributed by atoms with Crippen LogP contribution in [0.2, 0.25) is 0 Å². The van der Waals surface area contributed by atoms with Crippen LogP contribution in [0.15, 0.2) is 30.3 Å². The van der Waals surface area contributed by atoms with Crippen molar-refractivity contribution in [2.75, 3.05) is 12.3 Å². The molecule has 1 unspecified atom stereocenters. The number of aliphatic carboxylic acids is 1. The molecule has 0 spiro atoms. The molecule has 0 bridgehead atoms. The summed E-state index contributed by atoms with van der Waals surface area (Å²) in [6, 6.07) is 3.66. The number of benzene rings is 1. The molecule has 1 aliphatic heterocycles. The summed E-state index contributed by atoms with van der Waals surface area (Å²) < 4.78 is 39.3. The van der Waals surface area contributed by atoms with Crippen LogP contribution in [0, 0.1) is 0 Å². The van der Waals surface area contributed by atoms with Crippen molar-refractivity contribution in [2.45, 2.75) is 18.6 Å². The molecule has 1 aliphatic rings. The van der Waals surface area contributed by atoms with Gasteiger partial charge in [-0.2, -0.15) is 25.8 Å². The Bertz CT molecular complexity index is 658. The van der Waals surface area contributed by atoms with Gasteiger partial charge in [0.25, 0.3) is 0 Å². The minimum absolute atomic E-state index is 0.0227. The maximum absolute atomic E-state index is 13.1. The van der Waals surface area contributed by atoms with Crippen LogP contribution in [0.5, 0.6) is 0 Å². The molecule has 0 saturated heterocycles. The van der Waals surface area contributed by atoms with E-state index in [0.717, 1.165) is 11.0 Å². The van der Waals surface area contributed by atoms with Crippen molar-refractivity contribution >= 4 is 30.1 Å². The standard InChI is InChI=1S/C15H14F3NO3S/c16-15(17,18)11-4-2-1-3-10(11)9-7-12(14(21)22)19(8-9)13(20)5-6-23/h1-4,7,12,23H,5-6,8H2,(H,21,22). The lowest BCUT2D eigenvalue weighted by Gasteiger charge is -2.22. The van der Waals surface area contributed by atoms with Crippen LogP contribution < -0.4 is 0 Å². The van der Waals surface area contributed by atoms with Crippen molar-refractivity contribution in [3.8, 4) is 0 Å². The Hall–Kier alpha value is -1.96. The van der Waals surface area contributed by atoms with E-state index in [2.05, 4.69) is 12.6 Å². The van der Waals surface area contributed by atoms with Crippen molar-refractivity contribution in [1.29, 1.82) is 0 Å². The fraction of sp³-hybridized carbons (Fsp3) is 0.333. The Morgan fingerprint density at radius 2 is 1.96 bits per heavy atom. The summed E-state index contributed by atoms with van der Waals surface area (Å²) in [6.45, 7) is -0.170. The number of nitrogens with zero attached hydrogens (tertiary/aromatic N) is 1. The number of amides is 1. The van der Waals surface area contributed by atoms with E-state index in [1.807, 2.05) is 0 Å². The molecule has 1 atom stereocenters. The number of carboxylic acids is 1. The third kappa shape index (κ3) is 3.69. The molecule has 0 radical (unpaired) electrons. The summed E-state index contributed by atoms with van der Waals surface area (Å²) in [5, 5.41) is 9.21. The van der Waals surface area contributed by atoms with E-state index in [0.29, 0.717) is 0 Å². The van der Waals surface area contributed by atoms with Crippen LogP contribution in [0.4, 0.5) is 13.2 Å². The van der Waals surface area contributed by atoms with Gasteiger partial charge in [-0.25, -0.2) is 4.79 Å². The summed E-state index contributed by atoms with van der Waals surface area (Å²) in [5.41, 5.74) is -0.774. The highest BCUT2D eigenvalue weighted by atomic mass is 32.1. The van der Waals surface area contributed by atoms with Crippen molar-refractivity contribution < 1.29 is 27.9 Å². The van der Waals surface area contributed by atoms with Crippen LogP contribution >= 0.6 is 12.6 Å². The van der Waals surface area contributed by atoms with Crippen molar-refractivity contribution in [2.24, 2.45) is 0 Å². The zero-order valence-electron chi connectivity index (χ0n) is 11.9. The molecule has 1 N–H and O–H groups in total. The molecule has 1 heterocycles. The highest BCUT2D eigenvalue weighted by molar-refractivity contribution is 7.80. The summed E-state index contributed by atoms with van der Waals surface area (Å²) in [7, 11) is 0. The number of thiol groups is 1. The third-order valence-corrected chi connectivity index (χ3v) is 3.74. The lowest BCUT2D eigenvalue weighted by molar-refractivity contribution is -0.146. The number of hydrogen-bond acceptors (Lipinski definition) is 3. The van der Waals surface area contributed by atoms with Crippen LogP contribution in [-0.4, -0.2) is 40.2 Å². The summed E-state index contributed by atoms with van der Waals surface area (Å²) in [6.07, 6.45) is -3.34. The fourth-order valence-corrected chi connectivity index (χ4v) is 2.68. The van der Waals surface area contributed by atoms with Gasteiger partial charge < -0.3 is 10.0 Å². The molecule has 23 heavy (non-hydrogen) atoms. The van der Waals surface area contributed by atoms with Crippen molar-refractivity contribution in [1.82, 2.24) is 4.90 Å². The molecule has 4 nitrogen and oxygen atoms in total. The first kappa shape index (κ1) is 17.4. The molecule has 1 amide bonds. The largest absolute Gasteiger partial charge is 0.479 e. The third-order valence-electron chi connectivity index (χ3n) is 3.51. The molecule has 0 aliphatic carbocycles. The monoisotopic (exact) mass is 345 g/mol. The number of carbonyl (C=O) groups is 2. The minimum Gasteiger partial charge on any atom is -0.479 e.